The van der Waals surface area contributed by atoms with E-state index in [1.54, 1.807) is 12.1 Å². The monoisotopic (exact) mass is 507 g/mol. The van der Waals surface area contributed by atoms with E-state index in [4.69, 9.17) is 16.6 Å². The van der Waals surface area contributed by atoms with Gasteiger partial charge in [-0.15, -0.1) is 0 Å². The van der Waals surface area contributed by atoms with E-state index in [1.165, 1.54) is 6.07 Å². The number of piperidine rings is 1. The van der Waals surface area contributed by atoms with E-state index in [-0.39, 0.29) is 10.9 Å². The van der Waals surface area contributed by atoms with Gasteiger partial charge >= 0.3 is 6.18 Å². The van der Waals surface area contributed by atoms with Crippen molar-refractivity contribution >= 4 is 23.1 Å². The molecule has 0 spiro atoms. The normalized spacial score (nSPS) is 21.5. The maximum absolute atomic E-state index is 13.1. The lowest BCUT2D eigenvalue weighted by Crippen LogP contribution is -2.47. The molecule has 2 aliphatic heterocycles. The van der Waals surface area contributed by atoms with Crippen LogP contribution in [0.1, 0.15) is 57.9 Å². The van der Waals surface area contributed by atoms with Crippen LogP contribution in [0.15, 0.2) is 41.4 Å². The van der Waals surface area contributed by atoms with Gasteiger partial charge < -0.3 is 14.9 Å². The number of hydrogen-bond donors (Lipinski definition) is 1. The molecule has 4 nitrogen and oxygen atoms in total. The van der Waals surface area contributed by atoms with Crippen molar-refractivity contribution in [3.05, 3.63) is 52.5 Å². The highest BCUT2D eigenvalue weighted by molar-refractivity contribution is 6.33. The number of aliphatic hydroxyl groups excluding tert-OH is 1. The zero-order chi connectivity index (χ0) is 25.5. The highest BCUT2D eigenvalue weighted by atomic mass is 35.5. The molecule has 1 N–H and O–H groups in total. The Morgan fingerprint density at radius 3 is 2.49 bits per heavy atom. The van der Waals surface area contributed by atoms with E-state index in [1.807, 2.05) is 11.0 Å². The van der Waals surface area contributed by atoms with Gasteiger partial charge in [-0.25, -0.2) is 4.99 Å². The van der Waals surface area contributed by atoms with Crippen LogP contribution in [0.3, 0.4) is 0 Å². The molecule has 1 unspecified atom stereocenters. The number of benzene rings is 2. The quantitative estimate of drug-likeness (QED) is 0.467. The highest BCUT2D eigenvalue weighted by Crippen LogP contribution is 2.41. The van der Waals surface area contributed by atoms with E-state index >= 15 is 0 Å². The maximum atomic E-state index is 13.1. The van der Waals surface area contributed by atoms with Crippen molar-refractivity contribution in [1.29, 1.82) is 0 Å². The molecular formula is C27H33ClF3N3O. The summed E-state index contributed by atoms with van der Waals surface area (Å²) >= 11 is 6.25. The van der Waals surface area contributed by atoms with Gasteiger partial charge in [0.1, 0.15) is 5.84 Å². The zero-order valence-corrected chi connectivity index (χ0v) is 21.4. The average molecular weight is 508 g/mol. The van der Waals surface area contributed by atoms with Gasteiger partial charge in [-0.2, -0.15) is 13.2 Å². The minimum Gasteiger partial charge on any atom is -0.369 e. The number of nitrogens with zero attached hydrogens (tertiary/aromatic N) is 3. The lowest BCUT2D eigenvalue weighted by molar-refractivity contribution is -0.137. The molecule has 2 heterocycles. The molecule has 0 aliphatic carbocycles. The van der Waals surface area contributed by atoms with Gasteiger partial charge in [-0.1, -0.05) is 37.6 Å². The van der Waals surface area contributed by atoms with Crippen LogP contribution in [0.25, 0.3) is 11.1 Å². The van der Waals surface area contributed by atoms with Crippen LogP contribution in [0.5, 0.6) is 0 Å². The summed E-state index contributed by atoms with van der Waals surface area (Å²) in [5, 5.41) is 11.5. The Hall–Kier alpha value is -2.09. The van der Waals surface area contributed by atoms with Gasteiger partial charge in [0.15, 0.2) is 6.23 Å². The van der Waals surface area contributed by atoms with Crippen molar-refractivity contribution < 1.29 is 18.3 Å². The van der Waals surface area contributed by atoms with E-state index in [0.29, 0.717) is 40.9 Å². The first kappa shape index (κ1) is 26.0. The van der Waals surface area contributed by atoms with Crippen molar-refractivity contribution in [2.75, 3.05) is 19.6 Å². The van der Waals surface area contributed by atoms with Crippen LogP contribution in [0.4, 0.5) is 18.9 Å². The van der Waals surface area contributed by atoms with Crippen LogP contribution in [-0.4, -0.2) is 46.4 Å². The fraction of sp³-hybridized carbons (Fsp3) is 0.519. The Labute approximate surface area is 210 Å². The van der Waals surface area contributed by atoms with Crippen molar-refractivity contribution in [3.63, 3.8) is 0 Å². The Morgan fingerprint density at radius 2 is 1.86 bits per heavy atom. The molecule has 35 heavy (non-hydrogen) atoms. The number of aliphatic imine (C=N–C) groups is 1. The lowest BCUT2D eigenvalue weighted by Gasteiger charge is -2.42. The van der Waals surface area contributed by atoms with E-state index in [2.05, 4.69) is 32.6 Å². The van der Waals surface area contributed by atoms with Crippen LogP contribution >= 0.6 is 11.6 Å². The number of alkyl halides is 3. The summed E-state index contributed by atoms with van der Waals surface area (Å²) in [4.78, 5) is 9.37. The van der Waals surface area contributed by atoms with Gasteiger partial charge in [-0.05, 0) is 69.0 Å². The third kappa shape index (κ3) is 5.52. The maximum Gasteiger partial charge on any atom is 0.416 e. The first-order valence-electron chi connectivity index (χ1n) is 12.2. The van der Waals surface area contributed by atoms with Crippen LogP contribution in [-0.2, 0) is 6.18 Å². The summed E-state index contributed by atoms with van der Waals surface area (Å²) in [5.74, 6) is 1.40. The summed E-state index contributed by atoms with van der Waals surface area (Å²) in [6.45, 7) is 11.4. The molecule has 4 rings (SSSR count). The number of rotatable bonds is 5. The van der Waals surface area contributed by atoms with Crippen molar-refractivity contribution in [2.45, 2.75) is 59.0 Å². The third-order valence-electron chi connectivity index (χ3n) is 6.99. The van der Waals surface area contributed by atoms with E-state index < -0.39 is 18.0 Å². The molecule has 2 aromatic carbocycles. The molecule has 0 amide bonds. The number of aliphatic hydroxyl groups is 1. The fourth-order valence-electron chi connectivity index (χ4n) is 5.08. The van der Waals surface area contributed by atoms with Crippen molar-refractivity contribution in [1.82, 2.24) is 9.80 Å². The predicted octanol–water partition coefficient (Wildman–Crippen LogP) is 7.14. The average Bonchev–Trinajstić information content (AvgIpc) is 2.80. The van der Waals surface area contributed by atoms with Crippen LogP contribution in [0.2, 0.25) is 5.02 Å². The smallest absolute Gasteiger partial charge is 0.369 e. The summed E-state index contributed by atoms with van der Waals surface area (Å²) < 4.78 is 39.2. The topological polar surface area (TPSA) is 39.1 Å². The second kappa shape index (κ2) is 10.1. The van der Waals surface area contributed by atoms with Gasteiger partial charge in [0, 0.05) is 41.2 Å². The Bertz CT molecular complexity index is 1100. The fourth-order valence-corrected chi connectivity index (χ4v) is 5.37. The van der Waals surface area contributed by atoms with Crippen molar-refractivity contribution in [3.8, 4) is 11.1 Å². The standard InChI is InChI=1S/C27H33ClF3N3O/c1-16(2)25-32-24-10-7-19(21-9-8-20(13-23(21)28)27(29,30)31)12-22(24)26(35)34(25)15-18-6-5-11-33(14-18)17(3)4/h7-10,12-13,16-18,26,35H,5-6,11,14-15H2,1-4H3/t18-,26?/m0/s1. The largest absolute Gasteiger partial charge is 0.416 e. The molecule has 2 atom stereocenters. The Morgan fingerprint density at radius 1 is 1.11 bits per heavy atom. The SMILES string of the molecule is CC(C)C1=Nc2ccc(-c3ccc(C(F)(F)F)cc3Cl)cc2C(O)N1C[C@H]1CCCN(C(C)C)C1. The van der Waals surface area contributed by atoms with Crippen molar-refractivity contribution in [2.24, 2.45) is 16.8 Å². The number of halogens is 4. The van der Waals surface area contributed by atoms with E-state index in [9.17, 15) is 18.3 Å². The lowest BCUT2D eigenvalue weighted by atomic mass is 9.93. The first-order chi connectivity index (χ1) is 16.5. The molecule has 2 aromatic rings. The van der Waals surface area contributed by atoms with Gasteiger partial charge in [0.2, 0.25) is 0 Å². The minimum absolute atomic E-state index is 0.0179. The molecule has 0 aromatic heterocycles. The highest BCUT2D eigenvalue weighted by Gasteiger charge is 2.34. The zero-order valence-electron chi connectivity index (χ0n) is 20.6. The predicted molar refractivity (Wildman–Crippen MR) is 135 cm³/mol. The molecule has 2 aliphatic rings. The second-order valence-corrected chi connectivity index (χ2v) is 10.6. The third-order valence-corrected chi connectivity index (χ3v) is 7.30. The molecule has 0 radical (unpaired) electrons. The Kier molecular flexibility index (Phi) is 7.51. The molecule has 1 saturated heterocycles. The number of amidine groups is 1. The van der Waals surface area contributed by atoms with Gasteiger partial charge in [0.25, 0.3) is 0 Å². The van der Waals surface area contributed by atoms with Crippen LogP contribution < -0.4 is 0 Å². The number of fused-ring (bicyclic) bond motifs is 1. The summed E-state index contributed by atoms with van der Waals surface area (Å²) in [6.07, 6.45) is -3.11. The number of likely N-dealkylation sites (tertiary alicyclic amines) is 1. The molecule has 190 valence electrons. The number of hydrogen-bond acceptors (Lipinski definition) is 4. The molecule has 8 heteroatoms. The molecule has 0 bridgehead atoms. The molecule has 0 saturated carbocycles. The minimum atomic E-state index is -4.46. The molecular weight excluding hydrogens is 475 g/mol. The van der Waals surface area contributed by atoms with Crippen LogP contribution in [0, 0.1) is 11.8 Å². The summed E-state index contributed by atoms with van der Waals surface area (Å²) in [6, 6.07) is 9.23. The van der Waals surface area contributed by atoms with Gasteiger partial charge in [0.05, 0.1) is 11.3 Å². The summed E-state index contributed by atoms with van der Waals surface area (Å²) in [7, 11) is 0. The molecule has 1 fully saturated rings. The second-order valence-electron chi connectivity index (χ2n) is 10.2. The summed E-state index contributed by atoms with van der Waals surface area (Å²) in [5.41, 5.74) is 1.66. The first-order valence-corrected chi connectivity index (χ1v) is 12.6. The Balaban J connectivity index is 1.65. The van der Waals surface area contributed by atoms with Gasteiger partial charge in [-0.3, -0.25) is 0 Å². The van der Waals surface area contributed by atoms with E-state index in [0.717, 1.165) is 43.9 Å².